The number of ether oxygens (including phenoxy) is 2. The number of carbonyl (C=O) groups excluding carboxylic acids is 1. The number of nitrogens with zero attached hydrogens (tertiary/aromatic N) is 2. The first kappa shape index (κ1) is 31.3. The fraction of sp³-hybridized carbons (Fsp3) is 0.424. The quantitative estimate of drug-likeness (QED) is 0.210. The van der Waals surface area contributed by atoms with E-state index in [0.29, 0.717) is 37.8 Å². The Kier molecular flexibility index (Phi) is 12.0. The van der Waals surface area contributed by atoms with Crippen molar-refractivity contribution in [2.24, 2.45) is 0 Å². The zero-order chi connectivity index (χ0) is 29.7. The van der Waals surface area contributed by atoms with Crippen LogP contribution in [0.3, 0.4) is 0 Å². The molecule has 2 heterocycles. The van der Waals surface area contributed by atoms with Crippen LogP contribution in [-0.4, -0.2) is 58.2 Å². The van der Waals surface area contributed by atoms with Gasteiger partial charge in [-0.1, -0.05) is 48.9 Å². The number of aliphatic hydroxyl groups excluding tert-OH is 1. The van der Waals surface area contributed by atoms with Crippen LogP contribution in [-0.2, 0) is 32.1 Å². The van der Waals surface area contributed by atoms with Gasteiger partial charge in [0.1, 0.15) is 0 Å². The number of carbonyl (C=O) groups is 2. The average molecular weight is 576 g/mol. The van der Waals surface area contributed by atoms with Gasteiger partial charge in [0.25, 0.3) is 0 Å². The second kappa shape index (κ2) is 16.1. The normalized spacial score (nSPS) is 18.6. The third-order valence-corrected chi connectivity index (χ3v) is 7.34. The highest BCUT2D eigenvalue weighted by atomic mass is 16.7. The standard InChI is InChI=1S/C33H41N3O6/c1-36(19-17-27-9-5-6-18-34-27)22-29-21-30(25-15-13-24(23-37)14-16-25)42-33(41-29)26-8-7-10-28(20-26)35-31(38)11-3-2-4-12-32(39)40/h5-10,13-16,18,20,29-30,33,37H,2-4,11-12,17,19,21-23H2,1H3,(H,35,38)(H,39,40)/t29-,30+,33+/m1/s1. The van der Waals surface area contributed by atoms with Crippen molar-refractivity contribution in [1.82, 2.24) is 9.88 Å². The van der Waals surface area contributed by atoms with Crippen LogP contribution in [0.4, 0.5) is 5.69 Å². The van der Waals surface area contributed by atoms with E-state index in [1.807, 2.05) is 72.9 Å². The third-order valence-electron chi connectivity index (χ3n) is 7.34. The van der Waals surface area contributed by atoms with E-state index < -0.39 is 12.3 Å². The number of aliphatic carboxylic acids is 1. The van der Waals surface area contributed by atoms with Crippen LogP contribution in [0.2, 0.25) is 0 Å². The van der Waals surface area contributed by atoms with Crippen molar-refractivity contribution in [1.29, 1.82) is 0 Å². The second-order valence-electron chi connectivity index (χ2n) is 10.8. The van der Waals surface area contributed by atoms with Crippen molar-refractivity contribution in [2.45, 2.75) is 70.1 Å². The lowest BCUT2D eigenvalue weighted by molar-refractivity contribution is -0.252. The number of likely N-dealkylation sites (N-methyl/N-ethyl adjacent to an activating group) is 1. The monoisotopic (exact) mass is 575 g/mol. The lowest BCUT2D eigenvalue weighted by Gasteiger charge is -2.38. The molecule has 1 aliphatic heterocycles. The summed E-state index contributed by atoms with van der Waals surface area (Å²) in [7, 11) is 2.08. The summed E-state index contributed by atoms with van der Waals surface area (Å²) < 4.78 is 13.0. The van der Waals surface area contributed by atoms with E-state index in [-0.39, 0.29) is 31.1 Å². The zero-order valence-electron chi connectivity index (χ0n) is 24.2. The molecule has 1 aliphatic rings. The highest BCUT2D eigenvalue weighted by molar-refractivity contribution is 5.90. The van der Waals surface area contributed by atoms with E-state index in [9.17, 15) is 14.7 Å². The number of nitrogens with one attached hydrogen (secondary N) is 1. The van der Waals surface area contributed by atoms with Crippen molar-refractivity contribution in [2.75, 3.05) is 25.5 Å². The number of unbranched alkanes of at least 4 members (excludes halogenated alkanes) is 2. The van der Waals surface area contributed by atoms with Crippen molar-refractivity contribution in [3.8, 4) is 0 Å². The number of aliphatic hydroxyl groups is 1. The Morgan fingerprint density at radius 1 is 0.976 bits per heavy atom. The number of carboxylic acids is 1. The molecule has 3 atom stereocenters. The number of aromatic nitrogens is 1. The maximum absolute atomic E-state index is 12.5. The number of hydrogen-bond donors (Lipinski definition) is 3. The summed E-state index contributed by atoms with van der Waals surface area (Å²) in [5, 5.41) is 21.2. The fourth-order valence-electron chi connectivity index (χ4n) is 5.05. The largest absolute Gasteiger partial charge is 0.481 e. The summed E-state index contributed by atoms with van der Waals surface area (Å²) in [6.07, 6.45) is 4.78. The third kappa shape index (κ3) is 10.0. The van der Waals surface area contributed by atoms with Crippen LogP contribution < -0.4 is 5.32 Å². The summed E-state index contributed by atoms with van der Waals surface area (Å²) in [6.45, 7) is 1.55. The molecular formula is C33H41N3O6. The van der Waals surface area contributed by atoms with E-state index in [1.54, 1.807) is 0 Å². The molecule has 1 aromatic heterocycles. The van der Waals surface area contributed by atoms with Gasteiger partial charge < -0.3 is 29.9 Å². The molecule has 0 saturated carbocycles. The predicted octanol–water partition coefficient (Wildman–Crippen LogP) is 5.27. The lowest BCUT2D eigenvalue weighted by Crippen LogP contribution is -2.38. The van der Waals surface area contributed by atoms with Crippen molar-refractivity contribution >= 4 is 17.6 Å². The molecule has 0 unspecified atom stereocenters. The molecule has 42 heavy (non-hydrogen) atoms. The first-order valence-electron chi connectivity index (χ1n) is 14.6. The molecule has 0 radical (unpaired) electrons. The molecule has 224 valence electrons. The van der Waals surface area contributed by atoms with Gasteiger partial charge in [-0.25, -0.2) is 0 Å². The van der Waals surface area contributed by atoms with Gasteiger partial charge in [-0.3, -0.25) is 14.6 Å². The molecule has 3 aromatic rings. The van der Waals surface area contributed by atoms with Gasteiger partial charge in [0.15, 0.2) is 6.29 Å². The van der Waals surface area contributed by atoms with Crippen LogP contribution in [0.5, 0.6) is 0 Å². The van der Waals surface area contributed by atoms with Crippen molar-refractivity contribution in [3.05, 3.63) is 95.3 Å². The molecule has 9 nitrogen and oxygen atoms in total. The minimum Gasteiger partial charge on any atom is -0.481 e. The highest BCUT2D eigenvalue weighted by Gasteiger charge is 2.33. The first-order valence-corrected chi connectivity index (χ1v) is 14.6. The molecule has 0 bridgehead atoms. The van der Waals surface area contributed by atoms with Gasteiger partial charge in [-0.05, 0) is 55.3 Å². The Bertz CT molecular complexity index is 1270. The zero-order valence-corrected chi connectivity index (χ0v) is 24.2. The van der Waals surface area contributed by atoms with Crippen molar-refractivity contribution < 1.29 is 29.3 Å². The minimum atomic E-state index is -0.814. The van der Waals surface area contributed by atoms with E-state index in [4.69, 9.17) is 14.6 Å². The Labute approximate surface area is 247 Å². The number of carboxylic acid groups (broad SMARTS) is 1. The molecule has 4 rings (SSSR count). The molecule has 1 amide bonds. The molecule has 1 saturated heterocycles. The van der Waals surface area contributed by atoms with Crippen LogP contribution in [0, 0.1) is 0 Å². The van der Waals surface area contributed by atoms with E-state index in [2.05, 4.69) is 22.2 Å². The molecule has 3 N–H and O–H groups in total. The SMILES string of the molecule is CN(CCc1ccccn1)C[C@H]1C[C@@H](c2ccc(CO)cc2)O[C@@H](c2cccc(NC(=O)CCCCCC(=O)O)c2)O1. The Morgan fingerprint density at radius 2 is 1.79 bits per heavy atom. The van der Waals surface area contributed by atoms with Crippen molar-refractivity contribution in [3.63, 3.8) is 0 Å². The highest BCUT2D eigenvalue weighted by Crippen LogP contribution is 2.38. The van der Waals surface area contributed by atoms with Crippen LogP contribution >= 0.6 is 0 Å². The van der Waals surface area contributed by atoms with Gasteiger partial charge in [0.05, 0.1) is 18.8 Å². The predicted molar refractivity (Wildman–Crippen MR) is 160 cm³/mol. The van der Waals surface area contributed by atoms with E-state index >= 15 is 0 Å². The van der Waals surface area contributed by atoms with E-state index in [1.165, 1.54) is 0 Å². The molecule has 0 spiro atoms. The van der Waals surface area contributed by atoms with Gasteiger partial charge in [-0.2, -0.15) is 0 Å². The summed E-state index contributed by atoms with van der Waals surface area (Å²) in [4.78, 5) is 29.9. The lowest BCUT2D eigenvalue weighted by atomic mass is 9.99. The Balaban J connectivity index is 1.41. The number of rotatable bonds is 15. The maximum atomic E-state index is 12.5. The van der Waals surface area contributed by atoms with Gasteiger partial charge in [0.2, 0.25) is 5.91 Å². The second-order valence-corrected chi connectivity index (χ2v) is 10.8. The summed E-state index contributed by atoms with van der Waals surface area (Å²) in [5.74, 6) is -0.923. The van der Waals surface area contributed by atoms with Gasteiger partial charge in [0, 0.05) is 61.9 Å². The maximum Gasteiger partial charge on any atom is 0.303 e. The molecule has 9 heteroatoms. The van der Waals surface area contributed by atoms with Crippen LogP contribution in [0.15, 0.2) is 72.9 Å². The number of benzene rings is 2. The first-order chi connectivity index (χ1) is 20.4. The molecule has 1 fully saturated rings. The van der Waals surface area contributed by atoms with Gasteiger partial charge >= 0.3 is 5.97 Å². The van der Waals surface area contributed by atoms with Gasteiger partial charge in [-0.15, -0.1) is 0 Å². The average Bonchev–Trinajstić information content (AvgIpc) is 3.00. The topological polar surface area (TPSA) is 121 Å². The minimum absolute atomic E-state index is 0.0118. The fourth-order valence-corrected chi connectivity index (χ4v) is 5.05. The summed E-state index contributed by atoms with van der Waals surface area (Å²) in [5.41, 5.74) is 4.39. The van der Waals surface area contributed by atoms with Crippen LogP contribution in [0.1, 0.15) is 73.3 Å². The molecule has 2 aromatic carbocycles. The Morgan fingerprint density at radius 3 is 2.52 bits per heavy atom. The number of pyridine rings is 1. The smallest absolute Gasteiger partial charge is 0.303 e. The van der Waals surface area contributed by atoms with E-state index in [0.717, 1.165) is 41.9 Å². The number of anilines is 1. The number of hydrogen-bond acceptors (Lipinski definition) is 7. The summed E-state index contributed by atoms with van der Waals surface area (Å²) >= 11 is 0. The Hall–Kier alpha value is -3.63. The number of amides is 1. The van der Waals surface area contributed by atoms with Crippen LogP contribution in [0.25, 0.3) is 0 Å². The molecular weight excluding hydrogens is 534 g/mol. The summed E-state index contributed by atoms with van der Waals surface area (Å²) in [6, 6.07) is 21.3. The molecule has 0 aliphatic carbocycles.